The van der Waals surface area contributed by atoms with E-state index in [1.54, 1.807) is 0 Å². The highest BCUT2D eigenvalue weighted by molar-refractivity contribution is 7.91. The molecule has 0 atom stereocenters. The monoisotopic (exact) mass is 610 g/mol. The summed E-state index contributed by atoms with van der Waals surface area (Å²) in [7, 11) is -4.05. The number of carbonyl (C=O) groups is 1. The Morgan fingerprint density at radius 1 is 1.10 bits per heavy atom. The first-order chi connectivity index (χ1) is 18.6. The smallest absolute Gasteiger partial charge is 0.404 e. The minimum absolute atomic E-state index is 0.0133. The molecule has 3 heterocycles. The molecule has 1 aromatic carbocycles. The average Bonchev–Trinajstić information content (AvgIpc) is 3.44. The molecule has 19 heteroatoms. The minimum atomic E-state index is -4.97. The number of amides is 1. The van der Waals surface area contributed by atoms with Gasteiger partial charge >= 0.3 is 18.4 Å². The summed E-state index contributed by atoms with van der Waals surface area (Å²) in [5, 5.41) is 14.3. The second-order valence-electron chi connectivity index (χ2n) is 7.87. The Balaban J connectivity index is 1.65. The number of anilines is 1. The summed E-state index contributed by atoms with van der Waals surface area (Å²) < 4.78 is 112. The number of nitrogens with zero attached hydrogens (tertiary/aromatic N) is 4. The molecule has 0 bridgehead atoms. The number of aryl methyl sites for hydroxylation is 1. The maximum atomic E-state index is 13.8. The van der Waals surface area contributed by atoms with Gasteiger partial charge in [-0.2, -0.15) is 31.4 Å². The van der Waals surface area contributed by atoms with E-state index in [0.29, 0.717) is 34.1 Å². The first-order valence-electron chi connectivity index (χ1n) is 10.8. The standard InChI is InChI=1S/C21H16F6N6O5S2/c1-10-17(40(36,37)29-6-7-34)39-18(30-10)32-19(35)38-14-9-28-33-15(21(25,26)27)8-13(31-16(14)33)11-2-4-12(5-3-11)20(22,23)24/h2-5,8-9,29,34H,6-7H2,1H3,(H,30,32,35). The van der Waals surface area contributed by atoms with E-state index in [2.05, 4.69) is 25.1 Å². The van der Waals surface area contributed by atoms with Gasteiger partial charge in [0.1, 0.15) is 0 Å². The predicted octanol–water partition coefficient (Wildman–Crippen LogP) is 4.08. The molecule has 0 saturated heterocycles. The van der Waals surface area contributed by atoms with Gasteiger partial charge in [-0.3, -0.25) is 5.32 Å². The number of hydrogen-bond donors (Lipinski definition) is 3. The maximum absolute atomic E-state index is 13.8. The van der Waals surface area contributed by atoms with Crippen LogP contribution in [0.1, 0.15) is 17.0 Å². The van der Waals surface area contributed by atoms with Gasteiger partial charge in [0.15, 0.2) is 26.4 Å². The maximum Gasteiger partial charge on any atom is 0.433 e. The summed E-state index contributed by atoms with van der Waals surface area (Å²) >= 11 is 0.549. The molecule has 214 valence electrons. The number of carbonyl (C=O) groups excluding carboxylic acids is 1. The SMILES string of the molecule is Cc1nc(NC(=O)Oc2cnn3c(C(F)(F)F)cc(-c4ccc(C(F)(F)F)cc4)nc23)sc1S(=O)(=O)NCCO. The molecule has 0 unspecified atom stereocenters. The molecule has 3 N–H and O–H groups in total. The Bertz CT molecular complexity index is 1670. The number of aliphatic hydroxyl groups is 1. The van der Waals surface area contributed by atoms with Crippen LogP contribution in [0.2, 0.25) is 0 Å². The summed E-state index contributed by atoms with van der Waals surface area (Å²) in [6.07, 6.45) is -10.1. The number of aromatic nitrogens is 4. The molecule has 11 nitrogen and oxygen atoms in total. The molecule has 0 aliphatic heterocycles. The largest absolute Gasteiger partial charge is 0.433 e. The Hall–Kier alpha value is -3.81. The molecule has 0 fully saturated rings. The third kappa shape index (κ3) is 6.16. The Labute approximate surface area is 224 Å². The van der Waals surface area contributed by atoms with Gasteiger partial charge in [-0.15, -0.1) is 0 Å². The van der Waals surface area contributed by atoms with Crippen LogP contribution < -0.4 is 14.8 Å². The van der Waals surface area contributed by atoms with Gasteiger partial charge in [-0.1, -0.05) is 23.5 Å². The average molecular weight is 611 g/mol. The van der Waals surface area contributed by atoms with Crippen molar-refractivity contribution in [2.75, 3.05) is 18.5 Å². The van der Waals surface area contributed by atoms with E-state index in [1.807, 2.05) is 0 Å². The van der Waals surface area contributed by atoms with Crippen LogP contribution in [0, 0.1) is 6.92 Å². The molecule has 40 heavy (non-hydrogen) atoms. The lowest BCUT2D eigenvalue weighted by Crippen LogP contribution is -2.26. The van der Waals surface area contributed by atoms with Crippen molar-refractivity contribution in [1.82, 2.24) is 24.3 Å². The number of sulfonamides is 1. The summed E-state index contributed by atoms with van der Waals surface area (Å²) in [6, 6.07) is 3.82. The number of hydrogen-bond acceptors (Lipinski definition) is 9. The zero-order valence-electron chi connectivity index (χ0n) is 19.8. The number of rotatable bonds is 7. The fourth-order valence-electron chi connectivity index (χ4n) is 3.34. The number of thiazole rings is 1. The highest BCUT2D eigenvalue weighted by atomic mass is 32.2. The van der Waals surface area contributed by atoms with Crippen molar-refractivity contribution < 1.29 is 49.4 Å². The van der Waals surface area contributed by atoms with Gasteiger partial charge < -0.3 is 9.84 Å². The number of aliphatic hydroxyl groups excluding tert-OH is 1. The quantitative estimate of drug-likeness (QED) is 0.265. The molecule has 4 aromatic rings. The molecular formula is C21H16F6N6O5S2. The van der Waals surface area contributed by atoms with Gasteiger partial charge in [-0.25, -0.2) is 32.4 Å². The molecule has 3 aromatic heterocycles. The first-order valence-corrected chi connectivity index (χ1v) is 13.1. The van der Waals surface area contributed by atoms with E-state index >= 15 is 0 Å². The number of benzene rings is 1. The van der Waals surface area contributed by atoms with E-state index in [0.717, 1.165) is 18.3 Å². The van der Waals surface area contributed by atoms with E-state index in [1.165, 1.54) is 6.92 Å². The van der Waals surface area contributed by atoms with Crippen LogP contribution in [-0.4, -0.2) is 52.4 Å². The van der Waals surface area contributed by atoms with Crippen molar-refractivity contribution in [3.05, 3.63) is 53.5 Å². The molecule has 0 aliphatic rings. The van der Waals surface area contributed by atoms with Crippen molar-refractivity contribution in [1.29, 1.82) is 0 Å². The molecule has 1 amide bonds. The van der Waals surface area contributed by atoms with E-state index in [-0.39, 0.29) is 32.8 Å². The van der Waals surface area contributed by atoms with Crippen LogP contribution >= 0.6 is 11.3 Å². The van der Waals surface area contributed by atoms with Crippen molar-refractivity contribution in [2.45, 2.75) is 23.5 Å². The second-order valence-corrected chi connectivity index (χ2v) is 10.8. The van der Waals surface area contributed by atoms with Gasteiger partial charge in [0.05, 0.1) is 29.8 Å². The Kier molecular flexibility index (Phi) is 7.76. The Morgan fingerprint density at radius 2 is 1.77 bits per heavy atom. The third-order valence-corrected chi connectivity index (χ3v) is 8.19. The fourth-order valence-corrected chi connectivity index (χ4v) is 5.80. The molecule has 0 aliphatic carbocycles. The minimum Gasteiger partial charge on any atom is -0.404 e. The topological polar surface area (TPSA) is 148 Å². The number of nitrogens with one attached hydrogen (secondary N) is 2. The van der Waals surface area contributed by atoms with Gasteiger partial charge in [0, 0.05) is 12.1 Å². The zero-order chi connectivity index (χ0) is 29.5. The number of ether oxygens (including phenoxy) is 1. The molecule has 0 saturated carbocycles. The fraction of sp³-hybridized carbons (Fsp3) is 0.238. The zero-order valence-corrected chi connectivity index (χ0v) is 21.5. The van der Waals surface area contributed by atoms with Crippen LogP contribution in [0.15, 0.2) is 40.7 Å². The molecule has 4 rings (SSSR count). The van der Waals surface area contributed by atoms with Gasteiger partial charge in [0.25, 0.3) is 10.0 Å². The van der Waals surface area contributed by atoms with Crippen molar-refractivity contribution in [2.24, 2.45) is 0 Å². The third-order valence-electron chi connectivity index (χ3n) is 5.05. The van der Waals surface area contributed by atoms with Crippen molar-refractivity contribution in [3.63, 3.8) is 0 Å². The summed E-state index contributed by atoms with van der Waals surface area (Å²) in [5.74, 6) is -0.539. The summed E-state index contributed by atoms with van der Waals surface area (Å²) in [4.78, 5) is 20.4. The summed E-state index contributed by atoms with van der Waals surface area (Å²) in [5.41, 5.74) is -3.38. The van der Waals surface area contributed by atoms with Crippen LogP contribution in [0.3, 0.4) is 0 Å². The number of fused-ring (bicyclic) bond motifs is 1. The van der Waals surface area contributed by atoms with Gasteiger partial charge in [-0.05, 0) is 25.1 Å². The van der Waals surface area contributed by atoms with E-state index in [4.69, 9.17) is 9.84 Å². The lowest BCUT2D eigenvalue weighted by molar-refractivity contribution is -0.142. The molecular weight excluding hydrogens is 594 g/mol. The number of halogens is 6. The lowest BCUT2D eigenvalue weighted by Gasteiger charge is -2.12. The van der Waals surface area contributed by atoms with Crippen LogP contribution in [0.25, 0.3) is 16.9 Å². The van der Waals surface area contributed by atoms with Gasteiger partial charge in [0.2, 0.25) is 0 Å². The van der Waals surface area contributed by atoms with E-state index in [9.17, 15) is 39.6 Å². The highest BCUT2D eigenvalue weighted by Gasteiger charge is 2.36. The Morgan fingerprint density at radius 3 is 2.38 bits per heavy atom. The second kappa shape index (κ2) is 10.6. The molecule has 0 spiro atoms. The van der Waals surface area contributed by atoms with Crippen molar-refractivity contribution in [3.8, 4) is 17.0 Å². The summed E-state index contributed by atoms with van der Waals surface area (Å²) in [6.45, 7) is 0.622. The van der Waals surface area contributed by atoms with E-state index < -0.39 is 57.7 Å². The van der Waals surface area contributed by atoms with Crippen LogP contribution in [0.4, 0.5) is 36.3 Å². The predicted molar refractivity (Wildman–Crippen MR) is 127 cm³/mol. The van der Waals surface area contributed by atoms with Crippen LogP contribution in [-0.2, 0) is 22.4 Å². The van der Waals surface area contributed by atoms with Crippen LogP contribution in [0.5, 0.6) is 5.75 Å². The lowest BCUT2D eigenvalue weighted by atomic mass is 10.1. The highest BCUT2D eigenvalue weighted by Crippen LogP contribution is 2.36. The van der Waals surface area contributed by atoms with Crippen molar-refractivity contribution >= 4 is 38.2 Å². The molecule has 0 radical (unpaired) electrons. The first kappa shape index (κ1) is 29.2. The normalized spacial score (nSPS) is 12.6. The number of alkyl halides is 6.